The zero-order valence-corrected chi connectivity index (χ0v) is 18.7. The van der Waals surface area contributed by atoms with E-state index in [2.05, 4.69) is 16.9 Å². The number of unbranched alkanes of at least 4 members (excludes halogenated alkanes) is 1. The third-order valence-corrected chi connectivity index (χ3v) is 4.96. The number of nitrogens with one attached hydrogen (secondary N) is 1. The lowest BCUT2D eigenvalue weighted by Gasteiger charge is -2.11. The van der Waals surface area contributed by atoms with Gasteiger partial charge in [-0.1, -0.05) is 31.0 Å². The van der Waals surface area contributed by atoms with Crippen LogP contribution >= 0.6 is 11.6 Å². The van der Waals surface area contributed by atoms with Crippen LogP contribution in [0, 0.1) is 0 Å². The molecular formula is C23H25ClN2O5. The van der Waals surface area contributed by atoms with E-state index in [0.717, 1.165) is 18.4 Å². The van der Waals surface area contributed by atoms with Crippen LogP contribution in [0.2, 0.25) is 0 Å². The summed E-state index contributed by atoms with van der Waals surface area (Å²) in [6, 6.07) is 8.73. The summed E-state index contributed by atoms with van der Waals surface area (Å²) >= 11 is 6.50. The molecule has 8 heteroatoms. The Labute approximate surface area is 185 Å². The second kappa shape index (κ2) is 10.2. The van der Waals surface area contributed by atoms with Gasteiger partial charge in [0.05, 0.1) is 43.9 Å². The van der Waals surface area contributed by atoms with Crippen LogP contribution in [0.5, 0.6) is 23.0 Å². The summed E-state index contributed by atoms with van der Waals surface area (Å²) in [4.78, 5) is 19.8. The molecule has 0 saturated heterocycles. The molecule has 7 nitrogen and oxygen atoms in total. The van der Waals surface area contributed by atoms with Crippen LogP contribution in [0.3, 0.4) is 0 Å². The number of aromatic amines is 1. The van der Waals surface area contributed by atoms with Gasteiger partial charge in [-0.15, -0.1) is 0 Å². The summed E-state index contributed by atoms with van der Waals surface area (Å²) < 4.78 is 21.7. The summed E-state index contributed by atoms with van der Waals surface area (Å²) in [6.45, 7) is 2.70. The minimum absolute atomic E-state index is 0.246. The van der Waals surface area contributed by atoms with Crippen molar-refractivity contribution in [1.29, 1.82) is 0 Å². The predicted octanol–water partition coefficient (Wildman–Crippen LogP) is 4.86. The Balaban J connectivity index is 1.99. The van der Waals surface area contributed by atoms with Crippen molar-refractivity contribution < 1.29 is 18.9 Å². The van der Waals surface area contributed by atoms with Gasteiger partial charge in [-0.3, -0.25) is 4.79 Å². The molecule has 1 heterocycles. The lowest BCUT2D eigenvalue weighted by molar-refractivity contribution is 0.288. The molecule has 0 aliphatic heterocycles. The Kier molecular flexibility index (Phi) is 7.41. The number of methoxy groups -OCH3 is 3. The van der Waals surface area contributed by atoms with Gasteiger partial charge in [0.2, 0.25) is 0 Å². The fourth-order valence-electron chi connectivity index (χ4n) is 3.02. The van der Waals surface area contributed by atoms with E-state index in [4.69, 9.17) is 30.5 Å². The Morgan fingerprint density at radius 3 is 2.42 bits per heavy atom. The molecule has 1 N–H and O–H groups in total. The van der Waals surface area contributed by atoms with Crippen molar-refractivity contribution in [2.75, 3.05) is 27.9 Å². The highest BCUT2D eigenvalue weighted by Crippen LogP contribution is 2.32. The van der Waals surface area contributed by atoms with Crippen LogP contribution in [0.1, 0.15) is 31.2 Å². The molecule has 0 bridgehead atoms. The molecular weight excluding hydrogens is 420 g/mol. The predicted molar refractivity (Wildman–Crippen MR) is 123 cm³/mol. The molecule has 0 saturated carbocycles. The van der Waals surface area contributed by atoms with E-state index in [-0.39, 0.29) is 16.4 Å². The number of aromatic nitrogens is 2. The smallest absolute Gasteiger partial charge is 0.259 e. The number of rotatable bonds is 9. The van der Waals surface area contributed by atoms with Gasteiger partial charge in [-0.2, -0.15) is 0 Å². The molecule has 31 heavy (non-hydrogen) atoms. The first-order chi connectivity index (χ1) is 15.0. The fourth-order valence-corrected chi connectivity index (χ4v) is 3.23. The van der Waals surface area contributed by atoms with Crippen LogP contribution in [-0.4, -0.2) is 37.9 Å². The Bertz CT molecular complexity index is 1160. The van der Waals surface area contributed by atoms with Gasteiger partial charge < -0.3 is 23.9 Å². The number of hydrogen-bond acceptors (Lipinski definition) is 6. The van der Waals surface area contributed by atoms with Crippen LogP contribution in [0.4, 0.5) is 0 Å². The first-order valence-electron chi connectivity index (χ1n) is 9.85. The van der Waals surface area contributed by atoms with E-state index in [1.165, 1.54) is 14.2 Å². The lowest BCUT2D eigenvalue weighted by Crippen LogP contribution is -2.11. The van der Waals surface area contributed by atoms with Gasteiger partial charge in [0, 0.05) is 6.07 Å². The van der Waals surface area contributed by atoms with Crippen molar-refractivity contribution in [3.63, 3.8) is 0 Å². The van der Waals surface area contributed by atoms with Gasteiger partial charge in [0.1, 0.15) is 0 Å². The summed E-state index contributed by atoms with van der Waals surface area (Å²) in [5.41, 5.74) is 0.902. The molecule has 0 unspecified atom stereocenters. The van der Waals surface area contributed by atoms with Crippen molar-refractivity contribution in [1.82, 2.24) is 9.97 Å². The number of H-pyrrole nitrogens is 1. The summed E-state index contributed by atoms with van der Waals surface area (Å²) in [5.74, 6) is 2.44. The van der Waals surface area contributed by atoms with Gasteiger partial charge in [0.25, 0.3) is 5.56 Å². The molecule has 3 aromatic rings. The number of nitrogens with zero attached hydrogens (tertiary/aromatic N) is 1. The molecule has 0 radical (unpaired) electrons. The number of fused-ring (bicyclic) bond motifs is 1. The van der Waals surface area contributed by atoms with Crippen LogP contribution in [-0.2, 0) is 0 Å². The summed E-state index contributed by atoms with van der Waals surface area (Å²) in [6.07, 6.45) is 3.68. The van der Waals surface area contributed by atoms with Gasteiger partial charge in [-0.05, 0) is 36.3 Å². The van der Waals surface area contributed by atoms with Crippen molar-refractivity contribution in [2.45, 2.75) is 19.8 Å². The monoisotopic (exact) mass is 444 g/mol. The summed E-state index contributed by atoms with van der Waals surface area (Å²) in [7, 11) is 4.63. The molecule has 0 atom stereocenters. The number of benzene rings is 2. The largest absolute Gasteiger partial charge is 0.493 e. The molecule has 3 rings (SSSR count). The average Bonchev–Trinajstić information content (AvgIpc) is 2.78. The second-order valence-electron chi connectivity index (χ2n) is 6.74. The molecule has 0 aliphatic rings. The molecule has 0 aliphatic carbocycles. The number of hydrogen-bond donors (Lipinski definition) is 1. The van der Waals surface area contributed by atoms with Crippen LogP contribution in [0.25, 0.3) is 22.0 Å². The maximum atomic E-state index is 12.6. The molecule has 1 aromatic heterocycles. The maximum absolute atomic E-state index is 12.6. The quantitative estimate of drug-likeness (QED) is 0.474. The molecule has 0 spiro atoms. The zero-order chi connectivity index (χ0) is 22.4. The molecule has 2 aromatic carbocycles. The minimum Gasteiger partial charge on any atom is -0.493 e. The van der Waals surface area contributed by atoms with E-state index < -0.39 is 0 Å². The van der Waals surface area contributed by atoms with E-state index in [9.17, 15) is 4.79 Å². The Morgan fingerprint density at radius 2 is 1.74 bits per heavy atom. The highest BCUT2D eigenvalue weighted by atomic mass is 35.5. The fraction of sp³-hybridized carbons (Fsp3) is 0.304. The highest BCUT2D eigenvalue weighted by molar-refractivity contribution is 6.50. The Morgan fingerprint density at radius 1 is 1.03 bits per heavy atom. The highest BCUT2D eigenvalue weighted by Gasteiger charge is 2.13. The normalized spacial score (nSPS) is 11.5. The second-order valence-corrected chi connectivity index (χ2v) is 7.15. The van der Waals surface area contributed by atoms with Gasteiger partial charge >= 0.3 is 0 Å². The first kappa shape index (κ1) is 22.5. The average molecular weight is 445 g/mol. The molecule has 0 amide bonds. The topological polar surface area (TPSA) is 82.7 Å². The van der Waals surface area contributed by atoms with E-state index in [1.54, 1.807) is 25.3 Å². The maximum Gasteiger partial charge on any atom is 0.259 e. The van der Waals surface area contributed by atoms with Crippen molar-refractivity contribution >= 4 is 33.6 Å². The van der Waals surface area contributed by atoms with Crippen molar-refractivity contribution in [3.8, 4) is 23.0 Å². The lowest BCUT2D eigenvalue weighted by atomic mass is 10.1. The molecule has 0 fully saturated rings. The van der Waals surface area contributed by atoms with E-state index in [1.807, 2.05) is 18.2 Å². The van der Waals surface area contributed by atoms with E-state index in [0.29, 0.717) is 40.5 Å². The number of ether oxygens (including phenoxy) is 4. The zero-order valence-electron chi connectivity index (χ0n) is 18.0. The number of halogens is 1. The van der Waals surface area contributed by atoms with Gasteiger partial charge in [0.15, 0.2) is 28.8 Å². The third kappa shape index (κ3) is 5.11. The van der Waals surface area contributed by atoms with Crippen molar-refractivity contribution in [3.05, 3.63) is 52.1 Å². The summed E-state index contributed by atoms with van der Waals surface area (Å²) in [5, 5.41) is 0.653. The third-order valence-electron chi connectivity index (χ3n) is 4.67. The molecule has 164 valence electrons. The van der Waals surface area contributed by atoms with Crippen molar-refractivity contribution in [2.24, 2.45) is 0 Å². The van der Waals surface area contributed by atoms with Crippen LogP contribution < -0.4 is 24.5 Å². The van der Waals surface area contributed by atoms with Crippen LogP contribution in [0.15, 0.2) is 35.1 Å². The Hall–Kier alpha value is -3.19. The van der Waals surface area contributed by atoms with E-state index >= 15 is 0 Å². The van der Waals surface area contributed by atoms with Gasteiger partial charge in [-0.25, -0.2) is 4.98 Å². The standard InChI is InChI=1S/C23H25ClN2O5/c1-5-6-9-31-21-11-14(7-8-18(21)28-2)10-16(24)22-25-17-13-20(30-4)19(29-3)12-15(17)23(27)26-22/h7-8,10-13H,5-6,9H2,1-4H3,(H,25,26,27)/b16-10-. The first-order valence-corrected chi connectivity index (χ1v) is 10.2. The SMILES string of the molecule is CCCCOc1cc(/C=C(\Cl)c2nc3cc(OC)c(OC)cc3c(=O)[nH]2)ccc1OC. The minimum atomic E-state index is -0.328.